The van der Waals surface area contributed by atoms with Crippen LogP contribution in [0.1, 0.15) is 5.56 Å². The first-order valence-electron chi connectivity index (χ1n) is 5.76. The highest BCUT2D eigenvalue weighted by Crippen LogP contribution is 2.37. The maximum absolute atomic E-state index is 13.0. The van der Waals surface area contributed by atoms with Crippen molar-refractivity contribution in [3.8, 4) is 11.3 Å². The maximum Gasteiger partial charge on any atom is 0.417 e. The van der Waals surface area contributed by atoms with Gasteiger partial charge in [-0.3, -0.25) is 4.98 Å². The van der Waals surface area contributed by atoms with Crippen molar-refractivity contribution in [2.75, 3.05) is 0 Å². The van der Waals surface area contributed by atoms with Crippen LogP contribution in [0, 0.1) is 0 Å². The highest BCUT2D eigenvalue weighted by Gasteiger charge is 2.33. The SMILES string of the molecule is FC(F)(F)c1ccccc1-c1cc2ncc(Br)cc2[nH]1. The molecule has 0 unspecified atom stereocenters. The normalized spacial score (nSPS) is 12.0. The fourth-order valence-electron chi connectivity index (χ4n) is 2.09. The van der Waals surface area contributed by atoms with Gasteiger partial charge in [-0.25, -0.2) is 0 Å². The van der Waals surface area contributed by atoms with Gasteiger partial charge in [0.05, 0.1) is 16.6 Å². The smallest absolute Gasteiger partial charge is 0.353 e. The Morgan fingerprint density at radius 1 is 1.10 bits per heavy atom. The summed E-state index contributed by atoms with van der Waals surface area (Å²) in [5.74, 6) is 0. The molecule has 3 rings (SSSR count). The van der Waals surface area contributed by atoms with Gasteiger partial charge in [0, 0.05) is 21.9 Å². The Bertz CT molecular complexity index is 777. The molecule has 2 heterocycles. The Kier molecular flexibility index (Phi) is 3.05. The minimum atomic E-state index is -4.39. The van der Waals surface area contributed by atoms with Crippen molar-refractivity contribution in [3.05, 3.63) is 52.6 Å². The van der Waals surface area contributed by atoms with Crippen molar-refractivity contribution in [1.29, 1.82) is 0 Å². The number of alkyl halides is 3. The molecule has 1 aromatic carbocycles. The van der Waals surface area contributed by atoms with E-state index in [1.165, 1.54) is 12.1 Å². The molecule has 0 amide bonds. The highest BCUT2D eigenvalue weighted by atomic mass is 79.9. The van der Waals surface area contributed by atoms with E-state index < -0.39 is 11.7 Å². The standard InChI is InChI=1S/C14H8BrF3N2/c15-8-5-13-12(19-7-8)6-11(20-13)9-3-1-2-4-10(9)14(16,17)18/h1-7,20H. The number of fused-ring (bicyclic) bond motifs is 1. The zero-order valence-corrected chi connectivity index (χ0v) is 11.6. The first-order chi connectivity index (χ1) is 9.45. The van der Waals surface area contributed by atoms with Crippen molar-refractivity contribution in [1.82, 2.24) is 9.97 Å². The monoisotopic (exact) mass is 340 g/mol. The number of hydrogen-bond acceptors (Lipinski definition) is 1. The number of aromatic nitrogens is 2. The van der Waals surface area contributed by atoms with Crippen LogP contribution in [0.4, 0.5) is 13.2 Å². The van der Waals surface area contributed by atoms with Gasteiger partial charge in [0.2, 0.25) is 0 Å². The Balaban J connectivity index is 2.21. The molecule has 0 saturated carbocycles. The third-order valence-corrected chi connectivity index (χ3v) is 3.39. The number of aromatic amines is 1. The van der Waals surface area contributed by atoms with Gasteiger partial charge in [-0.1, -0.05) is 18.2 Å². The van der Waals surface area contributed by atoms with E-state index in [4.69, 9.17) is 0 Å². The number of rotatable bonds is 1. The number of nitrogens with one attached hydrogen (secondary N) is 1. The molecule has 0 fully saturated rings. The summed E-state index contributed by atoms with van der Waals surface area (Å²) in [7, 11) is 0. The van der Waals surface area contributed by atoms with Gasteiger partial charge in [-0.15, -0.1) is 0 Å². The van der Waals surface area contributed by atoms with Crippen molar-refractivity contribution in [2.45, 2.75) is 6.18 Å². The topological polar surface area (TPSA) is 28.7 Å². The first-order valence-corrected chi connectivity index (χ1v) is 6.55. The molecule has 0 bridgehead atoms. The van der Waals surface area contributed by atoms with E-state index >= 15 is 0 Å². The Labute approximate surface area is 120 Å². The van der Waals surface area contributed by atoms with Crippen LogP contribution in [-0.2, 0) is 6.18 Å². The Morgan fingerprint density at radius 2 is 1.85 bits per heavy atom. The molecule has 0 saturated heterocycles. The summed E-state index contributed by atoms with van der Waals surface area (Å²) in [5.41, 5.74) is 1.17. The summed E-state index contributed by atoms with van der Waals surface area (Å²) in [6, 6.07) is 8.88. The van der Waals surface area contributed by atoms with Gasteiger partial charge in [0.25, 0.3) is 0 Å². The molecule has 6 heteroatoms. The molecule has 0 aliphatic rings. The molecule has 0 spiro atoms. The second-order valence-electron chi connectivity index (χ2n) is 4.31. The third kappa shape index (κ3) is 2.31. The molecular formula is C14H8BrF3N2. The van der Waals surface area contributed by atoms with E-state index in [9.17, 15) is 13.2 Å². The molecule has 0 aliphatic heterocycles. The van der Waals surface area contributed by atoms with E-state index in [0.717, 1.165) is 10.5 Å². The molecule has 2 aromatic heterocycles. The predicted octanol–water partition coefficient (Wildman–Crippen LogP) is 5.01. The van der Waals surface area contributed by atoms with Gasteiger partial charge < -0.3 is 4.98 Å². The fourth-order valence-corrected chi connectivity index (χ4v) is 2.42. The second-order valence-corrected chi connectivity index (χ2v) is 5.23. The lowest BCUT2D eigenvalue weighted by Crippen LogP contribution is -2.06. The maximum atomic E-state index is 13.0. The summed E-state index contributed by atoms with van der Waals surface area (Å²) >= 11 is 3.28. The second kappa shape index (κ2) is 4.63. The molecule has 0 aliphatic carbocycles. The van der Waals surface area contributed by atoms with E-state index in [0.29, 0.717) is 16.7 Å². The molecule has 20 heavy (non-hydrogen) atoms. The van der Waals surface area contributed by atoms with E-state index in [2.05, 4.69) is 25.9 Å². The predicted molar refractivity (Wildman–Crippen MR) is 74.2 cm³/mol. The molecule has 1 N–H and O–H groups in total. The zero-order valence-electron chi connectivity index (χ0n) is 10.0. The molecule has 0 radical (unpaired) electrons. The minimum absolute atomic E-state index is 0.120. The first kappa shape index (κ1) is 13.2. The summed E-state index contributed by atoms with van der Waals surface area (Å²) in [5, 5.41) is 0. The number of halogens is 4. The van der Waals surface area contributed by atoms with Crippen LogP contribution >= 0.6 is 15.9 Å². The van der Waals surface area contributed by atoms with Crippen LogP contribution in [0.2, 0.25) is 0 Å². The van der Waals surface area contributed by atoms with Gasteiger partial charge in [-0.2, -0.15) is 13.2 Å². The Hall–Kier alpha value is -1.82. The van der Waals surface area contributed by atoms with Crippen LogP contribution in [0.15, 0.2) is 47.1 Å². The van der Waals surface area contributed by atoms with Crippen LogP contribution in [-0.4, -0.2) is 9.97 Å². The quantitative estimate of drug-likeness (QED) is 0.662. The van der Waals surface area contributed by atoms with Crippen LogP contribution in [0.3, 0.4) is 0 Å². The van der Waals surface area contributed by atoms with E-state index in [-0.39, 0.29) is 5.56 Å². The highest BCUT2D eigenvalue weighted by molar-refractivity contribution is 9.10. The third-order valence-electron chi connectivity index (χ3n) is 2.96. The van der Waals surface area contributed by atoms with Crippen LogP contribution < -0.4 is 0 Å². The lowest BCUT2D eigenvalue weighted by Gasteiger charge is -2.11. The van der Waals surface area contributed by atoms with Crippen molar-refractivity contribution in [3.63, 3.8) is 0 Å². The molecule has 102 valence electrons. The van der Waals surface area contributed by atoms with E-state index in [1.807, 2.05) is 0 Å². The lowest BCUT2D eigenvalue weighted by atomic mass is 10.0. The van der Waals surface area contributed by atoms with Gasteiger partial charge in [-0.05, 0) is 34.1 Å². The summed E-state index contributed by atoms with van der Waals surface area (Å²) in [4.78, 5) is 7.13. The number of H-pyrrole nitrogens is 1. The largest absolute Gasteiger partial charge is 0.417 e. The summed E-state index contributed by atoms with van der Waals surface area (Å²) in [6.07, 6.45) is -2.78. The van der Waals surface area contributed by atoms with Gasteiger partial charge >= 0.3 is 6.18 Å². The average Bonchev–Trinajstić information content (AvgIpc) is 2.80. The lowest BCUT2D eigenvalue weighted by molar-refractivity contribution is -0.137. The van der Waals surface area contributed by atoms with Gasteiger partial charge in [0.15, 0.2) is 0 Å². The summed E-state index contributed by atoms with van der Waals surface area (Å²) in [6.45, 7) is 0. The van der Waals surface area contributed by atoms with Crippen molar-refractivity contribution >= 4 is 27.0 Å². The fraction of sp³-hybridized carbons (Fsp3) is 0.0714. The summed E-state index contributed by atoms with van der Waals surface area (Å²) < 4.78 is 39.8. The van der Waals surface area contributed by atoms with Crippen LogP contribution in [0.25, 0.3) is 22.3 Å². The van der Waals surface area contributed by atoms with E-state index in [1.54, 1.807) is 24.4 Å². The number of pyridine rings is 1. The number of nitrogens with zero attached hydrogens (tertiary/aromatic N) is 1. The van der Waals surface area contributed by atoms with Gasteiger partial charge in [0.1, 0.15) is 0 Å². The number of hydrogen-bond donors (Lipinski definition) is 1. The average molecular weight is 341 g/mol. The minimum Gasteiger partial charge on any atom is -0.353 e. The van der Waals surface area contributed by atoms with Crippen molar-refractivity contribution in [2.24, 2.45) is 0 Å². The van der Waals surface area contributed by atoms with Crippen molar-refractivity contribution < 1.29 is 13.2 Å². The molecular weight excluding hydrogens is 333 g/mol. The zero-order chi connectivity index (χ0) is 14.3. The molecule has 2 nitrogen and oxygen atoms in total. The molecule has 3 aromatic rings. The Morgan fingerprint density at radius 3 is 2.60 bits per heavy atom. The molecule has 0 atom stereocenters. The number of benzene rings is 1. The van der Waals surface area contributed by atoms with Crippen LogP contribution in [0.5, 0.6) is 0 Å².